The standard InChI is InChI=1S/C15H23NO4S/c1-11(17)12-5-7-13(8-6-12)21(19,20)16-10-9-14(18)15(2,3)4/h5-8,14,16,18H,9-10H2,1-4H3. The summed E-state index contributed by atoms with van der Waals surface area (Å²) in [7, 11) is -3.62. The molecule has 0 heterocycles. The molecule has 0 radical (unpaired) electrons. The Bertz CT molecular complexity index is 585. The third kappa shape index (κ3) is 5.22. The first-order chi connectivity index (χ1) is 9.54. The van der Waals surface area contributed by atoms with Gasteiger partial charge in [-0.25, -0.2) is 13.1 Å². The van der Waals surface area contributed by atoms with E-state index in [9.17, 15) is 18.3 Å². The van der Waals surface area contributed by atoms with Crippen molar-refractivity contribution in [2.24, 2.45) is 5.41 Å². The summed E-state index contributed by atoms with van der Waals surface area (Å²) in [5, 5.41) is 9.88. The van der Waals surface area contributed by atoms with Gasteiger partial charge in [0.25, 0.3) is 0 Å². The van der Waals surface area contributed by atoms with E-state index in [-0.39, 0.29) is 22.6 Å². The lowest BCUT2D eigenvalue weighted by Crippen LogP contribution is -2.32. The highest BCUT2D eigenvalue weighted by Crippen LogP contribution is 2.21. The van der Waals surface area contributed by atoms with Gasteiger partial charge in [-0.1, -0.05) is 32.9 Å². The Kier molecular flexibility index (Phi) is 5.67. The van der Waals surface area contributed by atoms with Crippen LogP contribution in [0.3, 0.4) is 0 Å². The second kappa shape index (κ2) is 6.68. The number of hydrogen-bond donors (Lipinski definition) is 2. The summed E-state index contributed by atoms with van der Waals surface area (Å²) in [6.45, 7) is 7.27. The van der Waals surface area contributed by atoms with Crippen LogP contribution in [0.15, 0.2) is 29.2 Å². The van der Waals surface area contributed by atoms with Gasteiger partial charge < -0.3 is 5.11 Å². The van der Waals surface area contributed by atoms with Gasteiger partial charge in [0.05, 0.1) is 11.0 Å². The van der Waals surface area contributed by atoms with Crippen LogP contribution in [0.1, 0.15) is 44.5 Å². The zero-order valence-corrected chi connectivity index (χ0v) is 13.7. The fraction of sp³-hybridized carbons (Fsp3) is 0.533. The molecule has 0 aliphatic carbocycles. The summed E-state index contributed by atoms with van der Waals surface area (Å²) in [5.41, 5.74) is 0.186. The maximum absolute atomic E-state index is 12.1. The molecule has 0 bridgehead atoms. The predicted molar refractivity (Wildman–Crippen MR) is 81.7 cm³/mol. The van der Waals surface area contributed by atoms with Crippen LogP contribution in [0, 0.1) is 5.41 Å². The molecule has 0 amide bonds. The molecule has 0 aliphatic rings. The van der Waals surface area contributed by atoms with Gasteiger partial charge in [-0.2, -0.15) is 0 Å². The highest BCUT2D eigenvalue weighted by Gasteiger charge is 2.22. The molecule has 0 spiro atoms. The van der Waals surface area contributed by atoms with Crippen molar-refractivity contribution in [3.8, 4) is 0 Å². The Morgan fingerprint density at radius 1 is 1.24 bits per heavy atom. The van der Waals surface area contributed by atoms with Crippen LogP contribution >= 0.6 is 0 Å². The third-order valence-electron chi connectivity index (χ3n) is 3.28. The number of carbonyl (C=O) groups is 1. The van der Waals surface area contributed by atoms with E-state index >= 15 is 0 Å². The minimum atomic E-state index is -3.62. The van der Waals surface area contributed by atoms with Gasteiger partial charge in [-0.05, 0) is 30.9 Å². The number of rotatable bonds is 6. The van der Waals surface area contributed by atoms with Crippen molar-refractivity contribution < 1.29 is 18.3 Å². The van der Waals surface area contributed by atoms with Crippen molar-refractivity contribution in [3.05, 3.63) is 29.8 Å². The lowest BCUT2D eigenvalue weighted by Gasteiger charge is -2.25. The maximum atomic E-state index is 12.1. The quantitative estimate of drug-likeness (QED) is 0.786. The number of aliphatic hydroxyl groups is 1. The topological polar surface area (TPSA) is 83.5 Å². The fourth-order valence-electron chi connectivity index (χ4n) is 1.72. The monoisotopic (exact) mass is 313 g/mol. The first-order valence-corrected chi connectivity index (χ1v) is 8.31. The van der Waals surface area contributed by atoms with Crippen molar-refractivity contribution in [1.29, 1.82) is 0 Å². The van der Waals surface area contributed by atoms with E-state index in [0.29, 0.717) is 12.0 Å². The zero-order chi connectivity index (χ0) is 16.3. The summed E-state index contributed by atoms with van der Waals surface area (Å²) >= 11 is 0. The Morgan fingerprint density at radius 2 is 1.76 bits per heavy atom. The number of benzene rings is 1. The minimum absolute atomic E-state index is 0.109. The summed E-state index contributed by atoms with van der Waals surface area (Å²) in [5.74, 6) is -0.111. The Hall–Kier alpha value is -1.24. The average Bonchev–Trinajstić information content (AvgIpc) is 2.37. The van der Waals surface area contributed by atoms with Crippen LogP contribution in [0.5, 0.6) is 0 Å². The second-order valence-corrected chi connectivity index (χ2v) is 7.92. The number of nitrogens with one attached hydrogen (secondary N) is 1. The normalized spacial score (nSPS) is 14.0. The number of hydrogen-bond acceptors (Lipinski definition) is 4. The number of aliphatic hydroxyl groups excluding tert-OH is 1. The number of carbonyl (C=O) groups excluding carboxylic acids is 1. The van der Waals surface area contributed by atoms with E-state index in [2.05, 4.69) is 4.72 Å². The van der Waals surface area contributed by atoms with E-state index in [0.717, 1.165) is 0 Å². The molecule has 5 nitrogen and oxygen atoms in total. The van der Waals surface area contributed by atoms with E-state index in [4.69, 9.17) is 0 Å². The van der Waals surface area contributed by atoms with Crippen LogP contribution < -0.4 is 4.72 Å². The molecule has 6 heteroatoms. The molecule has 0 saturated carbocycles. The predicted octanol–water partition coefficient (Wildman–Crippen LogP) is 1.96. The van der Waals surface area contributed by atoms with Crippen LogP contribution in [-0.2, 0) is 10.0 Å². The lowest BCUT2D eigenvalue weighted by molar-refractivity contribution is 0.0571. The molecule has 0 saturated heterocycles. The van der Waals surface area contributed by atoms with E-state index in [1.165, 1.54) is 31.2 Å². The number of ketones is 1. The maximum Gasteiger partial charge on any atom is 0.240 e. The summed E-state index contributed by atoms with van der Waals surface area (Å²) in [6.07, 6.45) is -0.242. The molecule has 118 valence electrons. The molecular formula is C15H23NO4S. The summed E-state index contributed by atoms with van der Waals surface area (Å²) in [4.78, 5) is 11.3. The van der Waals surface area contributed by atoms with Crippen LogP contribution in [-0.4, -0.2) is 32.0 Å². The van der Waals surface area contributed by atoms with Crippen LogP contribution in [0.25, 0.3) is 0 Å². The molecule has 1 atom stereocenters. The smallest absolute Gasteiger partial charge is 0.240 e. The molecule has 2 N–H and O–H groups in total. The van der Waals surface area contributed by atoms with Gasteiger partial charge in [0.15, 0.2) is 5.78 Å². The van der Waals surface area contributed by atoms with Crippen molar-refractivity contribution >= 4 is 15.8 Å². The Morgan fingerprint density at radius 3 is 2.19 bits per heavy atom. The molecule has 0 fully saturated rings. The van der Waals surface area contributed by atoms with Gasteiger partial charge >= 0.3 is 0 Å². The summed E-state index contributed by atoms with van der Waals surface area (Å²) in [6, 6.07) is 5.78. The third-order valence-corrected chi connectivity index (χ3v) is 4.76. The number of Topliss-reactive ketones (excluding diaryl/α,β-unsaturated/α-hetero) is 1. The zero-order valence-electron chi connectivity index (χ0n) is 12.9. The van der Waals surface area contributed by atoms with Gasteiger partial charge in [0.2, 0.25) is 10.0 Å². The van der Waals surface area contributed by atoms with Crippen molar-refractivity contribution in [1.82, 2.24) is 4.72 Å². The number of sulfonamides is 1. The average molecular weight is 313 g/mol. The fourth-order valence-corrected chi connectivity index (χ4v) is 2.76. The SMILES string of the molecule is CC(=O)c1ccc(S(=O)(=O)NCCC(O)C(C)(C)C)cc1. The first-order valence-electron chi connectivity index (χ1n) is 6.83. The lowest BCUT2D eigenvalue weighted by atomic mass is 9.87. The van der Waals surface area contributed by atoms with E-state index < -0.39 is 16.1 Å². The minimum Gasteiger partial charge on any atom is -0.393 e. The van der Waals surface area contributed by atoms with Crippen molar-refractivity contribution in [2.45, 2.75) is 45.1 Å². The molecule has 1 unspecified atom stereocenters. The molecular weight excluding hydrogens is 290 g/mol. The van der Waals surface area contributed by atoms with Gasteiger partial charge in [0, 0.05) is 12.1 Å². The highest BCUT2D eigenvalue weighted by molar-refractivity contribution is 7.89. The van der Waals surface area contributed by atoms with E-state index in [1.54, 1.807) is 0 Å². The Labute approximate surface area is 126 Å². The van der Waals surface area contributed by atoms with Gasteiger partial charge in [-0.15, -0.1) is 0 Å². The molecule has 1 aromatic carbocycles. The highest BCUT2D eigenvalue weighted by atomic mass is 32.2. The Balaban J connectivity index is 2.68. The largest absolute Gasteiger partial charge is 0.393 e. The van der Waals surface area contributed by atoms with Gasteiger partial charge in [0.1, 0.15) is 0 Å². The van der Waals surface area contributed by atoms with Crippen LogP contribution in [0.2, 0.25) is 0 Å². The molecule has 1 aromatic rings. The molecule has 21 heavy (non-hydrogen) atoms. The second-order valence-electron chi connectivity index (χ2n) is 6.15. The molecule has 0 aliphatic heterocycles. The van der Waals surface area contributed by atoms with Crippen LogP contribution in [0.4, 0.5) is 0 Å². The molecule has 1 rings (SSSR count). The first kappa shape index (κ1) is 17.8. The van der Waals surface area contributed by atoms with Crippen molar-refractivity contribution in [2.75, 3.05) is 6.54 Å². The van der Waals surface area contributed by atoms with Crippen molar-refractivity contribution in [3.63, 3.8) is 0 Å². The summed E-state index contributed by atoms with van der Waals surface area (Å²) < 4.78 is 26.6. The molecule has 0 aromatic heterocycles. The van der Waals surface area contributed by atoms with Gasteiger partial charge in [-0.3, -0.25) is 4.79 Å². The van der Waals surface area contributed by atoms with E-state index in [1.807, 2.05) is 20.8 Å².